The van der Waals surface area contributed by atoms with Crippen LogP contribution in [0.2, 0.25) is 0 Å². The summed E-state index contributed by atoms with van der Waals surface area (Å²) < 4.78 is 24.0. The molecule has 0 saturated carbocycles. The van der Waals surface area contributed by atoms with Crippen molar-refractivity contribution in [2.24, 2.45) is 0 Å². The second kappa shape index (κ2) is 6.31. The molecule has 1 aliphatic heterocycles. The number of methoxy groups -OCH3 is 1. The monoisotopic (exact) mass is 310 g/mol. The van der Waals surface area contributed by atoms with Gasteiger partial charge in [0.05, 0.1) is 25.8 Å². The maximum Gasteiger partial charge on any atom is 0.257 e. The van der Waals surface area contributed by atoms with Crippen LogP contribution in [0.1, 0.15) is 17.3 Å². The van der Waals surface area contributed by atoms with Crippen LogP contribution in [0.15, 0.2) is 18.2 Å². The number of rotatable bonds is 3. The Morgan fingerprint density at radius 2 is 2.18 bits per heavy atom. The first-order chi connectivity index (χ1) is 10.4. The van der Waals surface area contributed by atoms with Crippen molar-refractivity contribution in [3.63, 3.8) is 0 Å². The molecule has 0 aliphatic carbocycles. The van der Waals surface area contributed by atoms with E-state index in [-0.39, 0.29) is 24.6 Å². The van der Waals surface area contributed by atoms with Crippen LogP contribution in [0.3, 0.4) is 0 Å². The van der Waals surface area contributed by atoms with E-state index in [1.54, 1.807) is 6.92 Å². The number of nitrogens with one attached hydrogen (secondary N) is 1. The van der Waals surface area contributed by atoms with Crippen molar-refractivity contribution in [3.05, 3.63) is 29.6 Å². The quantitative estimate of drug-likeness (QED) is 0.897. The number of amides is 2. The number of hydrogen-bond donors (Lipinski definition) is 1. The van der Waals surface area contributed by atoms with E-state index in [4.69, 9.17) is 9.47 Å². The van der Waals surface area contributed by atoms with Crippen LogP contribution in [-0.4, -0.2) is 56.2 Å². The van der Waals surface area contributed by atoms with Gasteiger partial charge in [-0.3, -0.25) is 9.59 Å². The number of carbonyl (C=O) groups excluding carboxylic acids is 2. The van der Waals surface area contributed by atoms with Gasteiger partial charge in [0.15, 0.2) is 5.60 Å². The van der Waals surface area contributed by atoms with Crippen LogP contribution in [0.5, 0.6) is 5.75 Å². The highest BCUT2D eigenvalue weighted by Crippen LogP contribution is 2.24. The van der Waals surface area contributed by atoms with Crippen molar-refractivity contribution in [2.75, 3.05) is 33.9 Å². The molecule has 2 amide bonds. The molecule has 0 unspecified atom stereocenters. The SMILES string of the molecule is CNC(=O)[C@]1(C)CN(C(=O)c2cc(F)ccc2OC)CCO1. The summed E-state index contributed by atoms with van der Waals surface area (Å²) in [5.41, 5.74) is -0.993. The van der Waals surface area contributed by atoms with Gasteiger partial charge in [-0.1, -0.05) is 0 Å². The summed E-state index contributed by atoms with van der Waals surface area (Å²) in [6.45, 7) is 2.26. The van der Waals surface area contributed by atoms with Gasteiger partial charge in [-0.25, -0.2) is 4.39 Å². The van der Waals surface area contributed by atoms with E-state index in [9.17, 15) is 14.0 Å². The highest BCUT2D eigenvalue weighted by molar-refractivity contribution is 5.97. The molecule has 22 heavy (non-hydrogen) atoms. The lowest BCUT2D eigenvalue weighted by Crippen LogP contribution is -2.58. The van der Waals surface area contributed by atoms with Gasteiger partial charge >= 0.3 is 0 Å². The number of ether oxygens (including phenoxy) is 2. The zero-order chi connectivity index (χ0) is 16.3. The largest absolute Gasteiger partial charge is 0.496 e. The lowest BCUT2D eigenvalue weighted by Gasteiger charge is -2.39. The summed E-state index contributed by atoms with van der Waals surface area (Å²) in [4.78, 5) is 26.0. The van der Waals surface area contributed by atoms with Crippen LogP contribution in [0.4, 0.5) is 4.39 Å². The van der Waals surface area contributed by atoms with Gasteiger partial charge in [-0.2, -0.15) is 0 Å². The molecule has 1 aromatic carbocycles. The number of halogens is 1. The zero-order valence-electron chi connectivity index (χ0n) is 12.8. The minimum atomic E-state index is -1.12. The number of hydrogen-bond acceptors (Lipinski definition) is 4. The van der Waals surface area contributed by atoms with Gasteiger partial charge < -0.3 is 19.7 Å². The number of likely N-dealkylation sites (N-methyl/N-ethyl adjacent to an activating group) is 1. The number of morpholine rings is 1. The molecule has 1 saturated heterocycles. The van der Waals surface area contributed by atoms with Gasteiger partial charge in [0.1, 0.15) is 11.6 Å². The van der Waals surface area contributed by atoms with Crippen molar-refractivity contribution in [1.29, 1.82) is 0 Å². The second-order valence-corrected chi connectivity index (χ2v) is 5.23. The normalized spacial score (nSPS) is 21.4. The van der Waals surface area contributed by atoms with Gasteiger partial charge in [-0.05, 0) is 25.1 Å². The van der Waals surface area contributed by atoms with Crippen molar-refractivity contribution in [2.45, 2.75) is 12.5 Å². The molecule has 0 radical (unpaired) electrons. The van der Waals surface area contributed by atoms with Crippen LogP contribution >= 0.6 is 0 Å². The second-order valence-electron chi connectivity index (χ2n) is 5.23. The highest BCUT2D eigenvalue weighted by Gasteiger charge is 2.40. The predicted octanol–water partition coefficient (Wildman–Crippen LogP) is 0.811. The first-order valence-corrected chi connectivity index (χ1v) is 6.90. The predicted molar refractivity (Wildman–Crippen MR) is 77.3 cm³/mol. The third-order valence-electron chi connectivity index (χ3n) is 3.66. The zero-order valence-corrected chi connectivity index (χ0v) is 12.8. The van der Waals surface area contributed by atoms with Gasteiger partial charge in [-0.15, -0.1) is 0 Å². The van der Waals surface area contributed by atoms with Gasteiger partial charge in [0.2, 0.25) is 0 Å². The topological polar surface area (TPSA) is 67.9 Å². The number of benzene rings is 1. The summed E-state index contributed by atoms with van der Waals surface area (Å²) in [6.07, 6.45) is 0. The Hall–Kier alpha value is -2.15. The average molecular weight is 310 g/mol. The van der Waals surface area contributed by atoms with Crippen molar-refractivity contribution in [3.8, 4) is 5.75 Å². The Kier molecular flexibility index (Phi) is 4.65. The van der Waals surface area contributed by atoms with E-state index in [2.05, 4.69) is 5.32 Å². The standard InChI is InChI=1S/C15H19FN2O4/c1-15(14(20)17-2)9-18(6-7-22-15)13(19)11-8-10(16)4-5-12(11)21-3/h4-5,8H,6-7,9H2,1-3H3,(H,17,20)/t15-/m0/s1. The molecule has 2 rings (SSSR count). The Bertz CT molecular complexity index is 593. The minimum Gasteiger partial charge on any atom is -0.496 e. The molecule has 0 spiro atoms. The Labute approximate surface area is 128 Å². The fourth-order valence-corrected chi connectivity index (χ4v) is 2.46. The maximum absolute atomic E-state index is 13.4. The van der Waals surface area contributed by atoms with E-state index in [1.807, 2.05) is 0 Å². The Morgan fingerprint density at radius 1 is 1.45 bits per heavy atom. The van der Waals surface area contributed by atoms with Crippen molar-refractivity contribution in [1.82, 2.24) is 10.2 Å². The summed E-state index contributed by atoms with van der Waals surface area (Å²) in [5, 5.41) is 2.52. The molecule has 1 N–H and O–H groups in total. The molecule has 0 bridgehead atoms. The third kappa shape index (κ3) is 3.04. The van der Waals surface area contributed by atoms with E-state index in [0.29, 0.717) is 12.3 Å². The fourth-order valence-electron chi connectivity index (χ4n) is 2.46. The van der Waals surface area contributed by atoms with Crippen LogP contribution in [-0.2, 0) is 9.53 Å². The first kappa shape index (κ1) is 16.2. The number of nitrogens with zero attached hydrogens (tertiary/aromatic N) is 1. The molecule has 1 atom stereocenters. The van der Waals surface area contributed by atoms with E-state index >= 15 is 0 Å². The summed E-state index contributed by atoms with van der Waals surface area (Å²) in [5.74, 6) is -0.933. The summed E-state index contributed by atoms with van der Waals surface area (Å²) in [6, 6.07) is 3.76. The summed E-state index contributed by atoms with van der Waals surface area (Å²) >= 11 is 0. The minimum absolute atomic E-state index is 0.0885. The first-order valence-electron chi connectivity index (χ1n) is 6.90. The molecule has 7 heteroatoms. The maximum atomic E-state index is 13.4. The molecule has 6 nitrogen and oxygen atoms in total. The van der Waals surface area contributed by atoms with Gasteiger partial charge in [0.25, 0.3) is 11.8 Å². The molecule has 0 aromatic heterocycles. The van der Waals surface area contributed by atoms with E-state index in [0.717, 1.165) is 6.07 Å². The third-order valence-corrected chi connectivity index (χ3v) is 3.66. The molecule has 1 heterocycles. The molecule has 1 aliphatic rings. The lowest BCUT2D eigenvalue weighted by molar-refractivity contribution is -0.153. The van der Waals surface area contributed by atoms with Gasteiger partial charge in [0, 0.05) is 13.6 Å². The molecule has 1 fully saturated rings. The average Bonchev–Trinajstić information content (AvgIpc) is 2.53. The summed E-state index contributed by atoms with van der Waals surface area (Å²) in [7, 11) is 2.92. The number of carbonyl (C=O) groups is 2. The molecular weight excluding hydrogens is 291 g/mol. The Balaban J connectivity index is 2.26. The van der Waals surface area contributed by atoms with E-state index in [1.165, 1.54) is 31.2 Å². The molecular formula is C15H19FN2O4. The van der Waals surface area contributed by atoms with Crippen LogP contribution in [0.25, 0.3) is 0 Å². The van der Waals surface area contributed by atoms with Crippen LogP contribution < -0.4 is 10.1 Å². The van der Waals surface area contributed by atoms with Crippen LogP contribution in [0, 0.1) is 5.82 Å². The van der Waals surface area contributed by atoms with Crippen molar-refractivity contribution >= 4 is 11.8 Å². The highest BCUT2D eigenvalue weighted by atomic mass is 19.1. The molecule has 1 aromatic rings. The lowest BCUT2D eigenvalue weighted by atomic mass is 10.0. The molecule has 120 valence electrons. The Morgan fingerprint density at radius 3 is 2.82 bits per heavy atom. The smallest absolute Gasteiger partial charge is 0.257 e. The van der Waals surface area contributed by atoms with E-state index < -0.39 is 17.3 Å². The fraction of sp³-hybridized carbons (Fsp3) is 0.467. The van der Waals surface area contributed by atoms with Crippen molar-refractivity contribution < 1.29 is 23.5 Å².